The van der Waals surface area contributed by atoms with Crippen molar-refractivity contribution in [3.8, 4) is 17.1 Å². The molecule has 32 heavy (non-hydrogen) atoms. The van der Waals surface area contributed by atoms with Gasteiger partial charge in [-0.3, -0.25) is 9.48 Å². The SMILES string of the molecule is [2H]C([2H])([2H])n1cnc(-c2cc(F)cc(Nc3cc(NC(=O)C4CC4)nnc3C(=O)O)c2OC)n1.[Zn]. The first-order chi connectivity index (χ1) is 16.1. The van der Waals surface area contributed by atoms with Gasteiger partial charge in [0.05, 0.1) is 24.0 Å². The van der Waals surface area contributed by atoms with E-state index in [1.54, 1.807) is 0 Å². The monoisotopic (exact) mass is 494 g/mol. The molecule has 0 spiro atoms. The fourth-order valence-corrected chi connectivity index (χ4v) is 2.88. The van der Waals surface area contributed by atoms with Gasteiger partial charge in [-0.15, -0.1) is 10.2 Å². The smallest absolute Gasteiger partial charge is 0.358 e. The first-order valence-corrected chi connectivity index (χ1v) is 9.05. The molecule has 0 radical (unpaired) electrons. The van der Waals surface area contributed by atoms with Gasteiger partial charge in [-0.2, -0.15) is 5.10 Å². The molecule has 1 aliphatic rings. The van der Waals surface area contributed by atoms with Gasteiger partial charge in [0.25, 0.3) is 0 Å². The zero-order valence-electron chi connectivity index (χ0n) is 19.8. The Kier molecular flexibility index (Phi) is 5.62. The number of carboxylic acids is 1. The zero-order valence-corrected chi connectivity index (χ0v) is 19.8. The van der Waals surface area contributed by atoms with Crippen LogP contribution in [0.1, 0.15) is 27.4 Å². The summed E-state index contributed by atoms with van der Waals surface area (Å²) in [4.78, 5) is 27.6. The largest absolute Gasteiger partial charge is 0.494 e. The van der Waals surface area contributed by atoms with Gasteiger partial charge >= 0.3 is 5.97 Å². The van der Waals surface area contributed by atoms with Crippen LogP contribution in [0.15, 0.2) is 24.5 Å². The maximum Gasteiger partial charge on any atom is 0.358 e. The van der Waals surface area contributed by atoms with E-state index in [-0.39, 0.29) is 65.6 Å². The Morgan fingerprint density at radius 1 is 1.28 bits per heavy atom. The van der Waals surface area contributed by atoms with E-state index in [1.807, 2.05) is 0 Å². The fourth-order valence-electron chi connectivity index (χ4n) is 2.88. The summed E-state index contributed by atoms with van der Waals surface area (Å²) in [6, 6.07) is 3.34. The number of anilines is 3. The van der Waals surface area contributed by atoms with Crippen LogP contribution in [-0.2, 0) is 31.2 Å². The van der Waals surface area contributed by atoms with Gasteiger partial charge in [0.2, 0.25) is 5.91 Å². The number of carboxylic acid groups (broad SMARTS) is 1. The number of ether oxygens (including phenoxy) is 1. The minimum absolute atomic E-state index is 0. The van der Waals surface area contributed by atoms with Crippen molar-refractivity contribution < 1.29 is 47.4 Å². The molecule has 3 aromatic rings. The van der Waals surface area contributed by atoms with Crippen LogP contribution in [0.25, 0.3) is 11.4 Å². The predicted molar refractivity (Wildman–Crippen MR) is 107 cm³/mol. The third-order valence-electron chi connectivity index (χ3n) is 4.46. The van der Waals surface area contributed by atoms with Crippen molar-refractivity contribution in [2.24, 2.45) is 12.9 Å². The molecule has 0 unspecified atom stereocenters. The van der Waals surface area contributed by atoms with E-state index in [0.29, 0.717) is 4.68 Å². The van der Waals surface area contributed by atoms with Crippen molar-refractivity contribution in [3.05, 3.63) is 36.0 Å². The molecule has 0 atom stereocenters. The normalized spacial score (nSPS) is 14.4. The molecule has 3 N–H and O–H groups in total. The van der Waals surface area contributed by atoms with Crippen LogP contribution in [0.4, 0.5) is 21.6 Å². The minimum atomic E-state index is -2.59. The van der Waals surface area contributed by atoms with E-state index in [4.69, 9.17) is 8.85 Å². The standard InChI is InChI=1S/C19H18FN7O4.Zn/c1-27-8-21-17(26-27)11-5-10(20)6-13(16(11)31-2)22-12-7-14(23-18(28)9-3-4-9)24-25-15(12)19(29)30;/h5-9H,3-4H2,1-2H3,(H,29,30)(H2,22,23,24,28);/i1D3;. The molecule has 2 heterocycles. The maximum atomic E-state index is 14.5. The second-order valence-corrected chi connectivity index (χ2v) is 6.73. The van der Waals surface area contributed by atoms with Gasteiger partial charge in [-0.05, 0) is 18.9 Å². The second-order valence-electron chi connectivity index (χ2n) is 6.73. The second kappa shape index (κ2) is 9.35. The summed E-state index contributed by atoms with van der Waals surface area (Å²) in [5.74, 6) is -2.65. The number of hydrogen-bond acceptors (Lipinski definition) is 8. The Morgan fingerprint density at radius 2 is 2.06 bits per heavy atom. The average molecular weight is 496 g/mol. The molecule has 13 heteroatoms. The molecular weight excluding hydrogens is 475 g/mol. The number of benzene rings is 1. The topological polar surface area (TPSA) is 144 Å². The number of nitrogens with one attached hydrogen (secondary N) is 2. The fraction of sp³-hybridized carbons (Fsp3) is 0.263. The van der Waals surface area contributed by atoms with Crippen LogP contribution >= 0.6 is 0 Å². The molecule has 1 aromatic carbocycles. The minimum Gasteiger partial charge on any atom is -0.494 e. The summed E-state index contributed by atoms with van der Waals surface area (Å²) in [5.41, 5.74) is -0.571. The Labute approximate surface area is 198 Å². The maximum absolute atomic E-state index is 14.5. The molecule has 1 amide bonds. The number of methoxy groups -OCH3 is 1. The number of carbonyl (C=O) groups excluding carboxylic acids is 1. The van der Waals surface area contributed by atoms with Crippen LogP contribution < -0.4 is 15.4 Å². The molecule has 1 fully saturated rings. The number of aromatic nitrogens is 5. The van der Waals surface area contributed by atoms with Gasteiger partial charge < -0.3 is 20.5 Å². The summed E-state index contributed by atoms with van der Waals surface area (Å²) in [6.45, 7) is -2.59. The molecule has 4 rings (SSSR count). The van der Waals surface area contributed by atoms with E-state index in [1.165, 1.54) is 13.2 Å². The van der Waals surface area contributed by atoms with E-state index in [9.17, 15) is 19.1 Å². The zero-order chi connectivity index (χ0) is 24.6. The molecule has 2 aromatic heterocycles. The van der Waals surface area contributed by atoms with Crippen molar-refractivity contribution >= 4 is 29.1 Å². The summed E-state index contributed by atoms with van der Waals surface area (Å²) in [5, 5.41) is 26.0. The van der Waals surface area contributed by atoms with Crippen LogP contribution in [0.2, 0.25) is 0 Å². The third kappa shape index (κ3) is 4.88. The number of amides is 1. The molecular formula is C19H18FN7O4Zn. The van der Waals surface area contributed by atoms with Crippen LogP contribution in [0.3, 0.4) is 0 Å². The van der Waals surface area contributed by atoms with E-state index in [0.717, 1.165) is 31.3 Å². The average Bonchev–Trinajstić information content (AvgIpc) is 3.48. The van der Waals surface area contributed by atoms with Gasteiger partial charge in [0, 0.05) is 48.6 Å². The molecule has 0 saturated heterocycles. The molecule has 11 nitrogen and oxygen atoms in total. The van der Waals surface area contributed by atoms with E-state index in [2.05, 4.69) is 30.9 Å². The molecule has 0 bridgehead atoms. The van der Waals surface area contributed by atoms with E-state index < -0.39 is 24.5 Å². The quantitative estimate of drug-likeness (QED) is 0.420. The van der Waals surface area contributed by atoms with Crippen molar-refractivity contribution in [2.75, 3.05) is 17.7 Å². The molecule has 1 aliphatic carbocycles. The number of nitrogens with zero attached hydrogens (tertiary/aromatic N) is 5. The van der Waals surface area contributed by atoms with Crippen molar-refractivity contribution in [3.63, 3.8) is 0 Å². The summed E-state index contributed by atoms with van der Waals surface area (Å²) in [6.07, 6.45) is 2.49. The van der Waals surface area contributed by atoms with Crippen LogP contribution in [0, 0.1) is 11.7 Å². The Hall–Kier alpha value is -3.47. The van der Waals surface area contributed by atoms with Crippen molar-refractivity contribution in [1.82, 2.24) is 25.0 Å². The summed E-state index contributed by atoms with van der Waals surface area (Å²) < 4.78 is 42.8. The molecule has 162 valence electrons. The first-order valence-electron chi connectivity index (χ1n) is 10.6. The molecule has 0 aliphatic heterocycles. The number of rotatable bonds is 7. The van der Waals surface area contributed by atoms with Crippen molar-refractivity contribution in [1.29, 1.82) is 0 Å². The number of aromatic carboxylic acids is 1. The Bertz CT molecular complexity index is 1280. The van der Waals surface area contributed by atoms with Gasteiger partial charge in [0.15, 0.2) is 23.1 Å². The summed E-state index contributed by atoms with van der Waals surface area (Å²) >= 11 is 0. The first kappa shape index (κ1) is 19.2. The number of halogens is 1. The number of aryl methyl sites for hydroxylation is 1. The Morgan fingerprint density at radius 3 is 2.69 bits per heavy atom. The molecule has 1 saturated carbocycles. The van der Waals surface area contributed by atoms with Gasteiger partial charge in [-0.1, -0.05) is 0 Å². The number of hydrogen-bond donors (Lipinski definition) is 3. The summed E-state index contributed by atoms with van der Waals surface area (Å²) in [7, 11) is 1.28. The van der Waals surface area contributed by atoms with Gasteiger partial charge in [-0.25, -0.2) is 14.2 Å². The Balaban J connectivity index is 0.00000342. The predicted octanol–water partition coefficient (Wildman–Crippen LogP) is 2.21. The third-order valence-corrected chi connectivity index (χ3v) is 4.46. The van der Waals surface area contributed by atoms with Gasteiger partial charge in [0.1, 0.15) is 12.1 Å². The van der Waals surface area contributed by atoms with E-state index >= 15 is 0 Å². The number of carbonyl (C=O) groups is 2. The van der Waals surface area contributed by atoms with Crippen LogP contribution in [-0.4, -0.2) is 49.1 Å². The van der Waals surface area contributed by atoms with Crippen LogP contribution in [0.5, 0.6) is 5.75 Å². The van der Waals surface area contributed by atoms with Crippen molar-refractivity contribution in [2.45, 2.75) is 12.8 Å².